The van der Waals surface area contributed by atoms with Gasteiger partial charge in [0.1, 0.15) is 5.54 Å². The molecule has 0 saturated carbocycles. The number of aryl methyl sites for hydroxylation is 1. The molecule has 6 nitrogen and oxygen atoms in total. The number of piperidine rings is 1. The molecule has 2 fully saturated rings. The van der Waals surface area contributed by atoms with Crippen molar-refractivity contribution in [3.63, 3.8) is 0 Å². The number of amides is 3. The minimum atomic E-state index is -0.805. The quantitative estimate of drug-likeness (QED) is 0.786. The van der Waals surface area contributed by atoms with Gasteiger partial charge in [0.05, 0.1) is 12.2 Å². The Bertz CT molecular complexity index is 861. The zero-order valence-corrected chi connectivity index (χ0v) is 17.2. The molecule has 1 atom stereocenters. The molecule has 2 aliphatic heterocycles. The molecule has 0 spiro atoms. The molecule has 2 aromatic heterocycles. The maximum absolute atomic E-state index is 13.1. The minimum Gasteiger partial charge on any atom is -0.323 e. The second-order valence-corrected chi connectivity index (χ2v) is 8.76. The van der Waals surface area contributed by atoms with Crippen LogP contribution >= 0.6 is 11.3 Å². The van der Waals surface area contributed by atoms with Gasteiger partial charge in [-0.3, -0.25) is 19.6 Å². The monoisotopic (exact) mass is 398 g/mol. The molecule has 148 valence electrons. The summed E-state index contributed by atoms with van der Waals surface area (Å²) < 4.78 is 0. The van der Waals surface area contributed by atoms with Gasteiger partial charge in [-0.1, -0.05) is 6.07 Å². The third kappa shape index (κ3) is 3.69. The largest absolute Gasteiger partial charge is 0.325 e. The fourth-order valence-corrected chi connectivity index (χ4v) is 4.95. The number of hydrogen-bond acceptors (Lipinski definition) is 5. The van der Waals surface area contributed by atoms with E-state index in [1.165, 1.54) is 4.90 Å². The fraction of sp³-hybridized carbons (Fsp3) is 0.476. The Labute approximate surface area is 169 Å². The number of pyridine rings is 1. The minimum absolute atomic E-state index is 0.0949. The van der Waals surface area contributed by atoms with Gasteiger partial charge >= 0.3 is 6.03 Å². The zero-order chi connectivity index (χ0) is 19.7. The smallest absolute Gasteiger partial charge is 0.323 e. The Balaban J connectivity index is 1.38. The highest BCUT2D eigenvalue weighted by Crippen LogP contribution is 2.34. The first-order valence-corrected chi connectivity index (χ1v) is 10.7. The average molecular weight is 399 g/mol. The first-order valence-electron chi connectivity index (χ1n) is 9.76. The van der Waals surface area contributed by atoms with E-state index >= 15 is 0 Å². The molecule has 0 aliphatic carbocycles. The lowest BCUT2D eigenvalue weighted by Crippen LogP contribution is -2.53. The van der Waals surface area contributed by atoms with Gasteiger partial charge in [-0.25, -0.2) is 4.79 Å². The number of hydrogen-bond donors (Lipinski definition) is 1. The molecule has 3 amide bonds. The molecule has 4 rings (SSSR count). The highest BCUT2D eigenvalue weighted by atomic mass is 32.1. The van der Waals surface area contributed by atoms with Crippen molar-refractivity contribution < 1.29 is 9.59 Å². The first-order chi connectivity index (χ1) is 13.5. The Morgan fingerprint density at radius 1 is 1.21 bits per heavy atom. The summed E-state index contributed by atoms with van der Waals surface area (Å²) in [5.74, 6) is 0.0562. The van der Waals surface area contributed by atoms with Crippen molar-refractivity contribution in [3.05, 3.63) is 52.0 Å². The Hall–Kier alpha value is -2.25. The van der Waals surface area contributed by atoms with Crippen LogP contribution in [0.2, 0.25) is 0 Å². The SMILES string of the molecule is Cc1cccc(CN2CCC(C3(C)NC(=O)N(Cc4ccsc4)C3=O)CC2)n1. The number of imide groups is 1. The number of thiophene rings is 1. The highest BCUT2D eigenvalue weighted by Gasteiger charge is 2.52. The lowest BCUT2D eigenvalue weighted by atomic mass is 9.79. The maximum Gasteiger partial charge on any atom is 0.325 e. The summed E-state index contributed by atoms with van der Waals surface area (Å²) in [6.07, 6.45) is 1.78. The molecule has 4 heterocycles. The van der Waals surface area contributed by atoms with Crippen molar-refractivity contribution in [3.8, 4) is 0 Å². The number of carbonyl (C=O) groups excluding carboxylic acids is 2. The van der Waals surface area contributed by atoms with Crippen LogP contribution in [-0.2, 0) is 17.9 Å². The van der Waals surface area contributed by atoms with Gasteiger partial charge in [0.2, 0.25) is 0 Å². The molecule has 7 heteroatoms. The fourth-order valence-electron chi connectivity index (χ4n) is 4.29. The van der Waals surface area contributed by atoms with Crippen molar-refractivity contribution in [1.82, 2.24) is 20.1 Å². The van der Waals surface area contributed by atoms with Crippen molar-refractivity contribution in [2.75, 3.05) is 13.1 Å². The van der Waals surface area contributed by atoms with Crippen molar-refractivity contribution >= 4 is 23.3 Å². The molecule has 0 radical (unpaired) electrons. The zero-order valence-electron chi connectivity index (χ0n) is 16.4. The predicted octanol–water partition coefficient (Wildman–Crippen LogP) is 3.17. The van der Waals surface area contributed by atoms with Crippen molar-refractivity contribution in [2.24, 2.45) is 5.92 Å². The molecular weight excluding hydrogens is 372 g/mol. The van der Waals surface area contributed by atoms with Crippen LogP contribution in [0.5, 0.6) is 0 Å². The predicted molar refractivity (Wildman–Crippen MR) is 109 cm³/mol. The Morgan fingerprint density at radius 3 is 2.68 bits per heavy atom. The number of carbonyl (C=O) groups is 2. The Kier molecular flexibility index (Phi) is 5.21. The van der Waals surface area contributed by atoms with E-state index < -0.39 is 5.54 Å². The van der Waals surface area contributed by atoms with Crippen LogP contribution in [0.25, 0.3) is 0 Å². The van der Waals surface area contributed by atoms with Gasteiger partial charge in [0.15, 0.2) is 0 Å². The van der Waals surface area contributed by atoms with Gasteiger partial charge in [0, 0.05) is 12.2 Å². The molecule has 28 heavy (non-hydrogen) atoms. The maximum atomic E-state index is 13.1. The highest BCUT2D eigenvalue weighted by molar-refractivity contribution is 7.07. The molecule has 2 saturated heterocycles. The molecule has 0 bridgehead atoms. The van der Waals surface area contributed by atoms with Gasteiger partial charge in [-0.05, 0) is 80.2 Å². The number of urea groups is 1. The summed E-state index contributed by atoms with van der Waals surface area (Å²) in [4.78, 5) is 33.9. The van der Waals surface area contributed by atoms with Crippen LogP contribution in [0.1, 0.15) is 36.7 Å². The third-order valence-electron chi connectivity index (χ3n) is 5.96. The van der Waals surface area contributed by atoms with Crippen molar-refractivity contribution in [1.29, 1.82) is 0 Å². The van der Waals surface area contributed by atoms with E-state index in [-0.39, 0.29) is 17.9 Å². The standard InChI is InChI=1S/C21H26N4O2S/c1-15-4-3-5-18(22-15)13-24-9-6-17(7-10-24)21(2)19(26)25(20(27)23-21)12-16-8-11-28-14-16/h3-5,8,11,14,17H,6-7,9-10,12-13H2,1-2H3,(H,23,27). The van der Waals surface area contributed by atoms with Gasteiger partial charge in [-0.2, -0.15) is 11.3 Å². The average Bonchev–Trinajstić information content (AvgIpc) is 3.26. The third-order valence-corrected chi connectivity index (χ3v) is 6.69. The van der Waals surface area contributed by atoms with Gasteiger partial charge in [0.25, 0.3) is 5.91 Å². The van der Waals surface area contributed by atoms with Gasteiger partial charge < -0.3 is 5.32 Å². The van der Waals surface area contributed by atoms with Crippen LogP contribution in [0.15, 0.2) is 35.0 Å². The summed E-state index contributed by atoms with van der Waals surface area (Å²) >= 11 is 1.57. The van der Waals surface area contributed by atoms with Crippen LogP contribution in [-0.4, -0.2) is 45.4 Å². The van der Waals surface area contributed by atoms with Crippen LogP contribution in [0.4, 0.5) is 4.79 Å². The van der Waals surface area contributed by atoms with E-state index in [0.717, 1.165) is 49.4 Å². The van der Waals surface area contributed by atoms with E-state index in [1.807, 2.05) is 42.8 Å². The second kappa shape index (κ2) is 7.64. The lowest BCUT2D eigenvalue weighted by Gasteiger charge is -2.38. The first kappa shape index (κ1) is 19.1. The van der Waals surface area contributed by atoms with Crippen molar-refractivity contribution in [2.45, 2.75) is 45.3 Å². The summed E-state index contributed by atoms with van der Waals surface area (Å²) in [5.41, 5.74) is 2.31. The molecular formula is C21H26N4O2S. The Morgan fingerprint density at radius 2 is 2.00 bits per heavy atom. The molecule has 1 N–H and O–H groups in total. The normalized spacial score (nSPS) is 24.0. The van der Waals surface area contributed by atoms with Crippen LogP contribution in [0.3, 0.4) is 0 Å². The summed E-state index contributed by atoms with van der Waals surface area (Å²) in [5, 5.41) is 6.94. The summed E-state index contributed by atoms with van der Waals surface area (Å²) in [6, 6.07) is 7.79. The molecule has 2 aromatic rings. The van der Waals surface area contributed by atoms with E-state index in [0.29, 0.717) is 6.54 Å². The number of nitrogens with zero attached hydrogens (tertiary/aromatic N) is 3. The number of rotatable bonds is 5. The molecule has 2 aliphatic rings. The van der Waals surface area contributed by atoms with E-state index in [2.05, 4.69) is 21.3 Å². The molecule has 0 aromatic carbocycles. The topological polar surface area (TPSA) is 65.5 Å². The second-order valence-electron chi connectivity index (χ2n) is 7.98. The summed E-state index contributed by atoms with van der Waals surface area (Å²) in [6.45, 7) is 6.89. The van der Waals surface area contributed by atoms with Gasteiger partial charge in [-0.15, -0.1) is 0 Å². The number of nitrogens with one attached hydrogen (secondary N) is 1. The van der Waals surface area contributed by atoms with E-state index in [4.69, 9.17) is 0 Å². The number of aromatic nitrogens is 1. The molecule has 1 unspecified atom stereocenters. The van der Waals surface area contributed by atoms with Crippen LogP contribution in [0, 0.1) is 12.8 Å². The van der Waals surface area contributed by atoms with E-state index in [1.54, 1.807) is 11.3 Å². The lowest BCUT2D eigenvalue weighted by molar-refractivity contribution is -0.133. The van der Waals surface area contributed by atoms with Crippen LogP contribution < -0.4 is 5.32 Å². The van der Waals surface area contributed by atoms with E-state index in [9.17, 15) is 9.59 Å². The summed E-state index contributed by atoms with van der Waals surface area (Å²) in [7, 11) is 0. The number of likely N-dealkylation sites (tertiary alicyclic amines) is 1.